The lowest BCUT2D eigenvalue weighted by molar-refractivity contribution is 0.102. The quantitative estimate of drug-likeness (QED) is 0.665. The molecule has 1 aliphatic rings. The summed E-state index contributed by atoms with van der Waals surface area (Å²) in [6.07, 6.45) is 10.9. The highest BCUT2D eigenvalue weighted by atomic mass is 14.7. The van der Waals surface area contributed by atoms with Gasteiger partial charge in [0, 0.05) is 6.04 Å². The molecule has 0 heterocycles. The summed E-state index contributed by atoms with van der Waals surface area (Å²) in [5, 5.41) is 0. The Balaban J connectivity index is 2.40. The van der Waals surface area contributed by atoms with Crippen LogP contribution in [0, 0.1) is 17.3 Å². The van der Waals surface area contributed by atoms with E-state index in [1.807, 2.05) is 0 Å². The van der Waals surface area contributed by atoms with E-state index in [4.69, 9.17) is 5.73 Å². The molecule has 1 saturated carbocycles. The zero-order chi connectivity index (χ0) is 12.9. The second-order valence-corrected chi connectivity index (χ2v) is 6.99. The lowest BCUT2D eigenvalue weighted by Crippen LogP contribution is -2.43. The summed E-state index contributed by atoms with van der Waals surface area (Å²) < 4.78 is 0. The zero-order valence-corrected chi connectivity index (χ0v) is 12.5. The first kappa shape index (κ1) is 15.0. The van der Waals surface area contributed by atoms with Crippen molar-refractivity contribution >= 4 is 0 Å². The van der Waals surface area contributed by atoms with E-state index in [-0.39, 0.29) is 0 Å². The molecule has 0 amide bonds. The van der Waals surface area contributed by atoms with Crippen molar-refractivity contribution in [3.63, 3.8) is 0 Å². The van der Waals surface area contributed by atoms with Crippen LogP contribution in [0.1, 0.15) is 79.1 Å². The third-order valence-electron chi connectivity index (χ3n) is 4.84. The summed E-state index contributed by atoms with van der Waals surface area (Å²) in [5.74, 6) is 1.59. The summed E-state index contributed by atoms with van der Waals surface area (Å²) in [6.45, 7) is 9.52. The number of unbranched alkanes of at least 4 members (excludes halogenated alkanes) is 3. The molecule has 1 nitrogen and oxygen atoms in total. The smallest absolute Gasteiger partial charge is 0.00747 e. The zero-order valence-electron chi connectivity index (χ0n) is 12.5. The van der Waals surface area contributed by atoms with Crippen LogP contribution in [0.15, 0.2) is 0 Å². The predicted octanol–water partition coefficient (Wildman–Crippen LogP) is 4.75. The highest BCUT2D eigenvalue weighted by Crippen LogP contribution is 2.42. The topological polar surface area (TPSA) is 26.0 Å². The summed E-state index contributed by atoms with van der Waals surface area (Å²) >= 11 is 0. The Morgan fingerprint density at radius 3 is 2.41 bits per heavy atom. The van der Waals surface area contributed by atoms with Crippen molar-refractivity contribution in [3.8, 4) is 0 Å². The molecule has 0 aliphatic heterocycles. The lowest BCUT2D eigenvalue weighted by atomic mass is 9.65. The van der Waals surface area contributed by atoms with Gasteiger partial charge in [-0.3, -0.25) is 0 Å². The van der Waals surface area contributed by atoms with Gasteiger partial charge in [0.25, 0.3) is 0 Å². The standard InChI is InChI=1S/C16H33N/c1-5-6-7-8-11-16(3,4)14-10-9-13(2)12-15(14)17/h13-15H,5-12,17H2,1-4H3. The fourth-order valence-corrected chi connectivity index (χ4v) is 3.59. The van der Waals surface area contributed by atoms with E-state index in [1.165, 1.54) is 51.4 Å². The molecule has 1 rings (SSSR count). The van der Waals surface area contributed by atoms with E-state index >= 15 is 0 Å². The summed E-state index contributed by atoms with van der Waals surface area (Å²) in [4.78, 5) is 0. The third-order valence-corrected chi connectivity index (χ3v) is 4.84. The summed E-state index contributed by atoms with van der Waals surface area (Å²) in [6, 6.07) is 0.444. The molecule has 0 radical (unpaired) electrons. The Hall–Kier alpha value is -0.0400. The van der Waals surface area contributed by atoms with Crippen LogP contribution in [0.4, 0.5) is 0 Å². The molecule has 1 fully saturated rings. The van der Waals surface area contributed by atoms with E-state index in [1.54, 1.807) is 0 Å². The van der Waals surface area contributed by atoms with Crippen LogP contribution in [0.5, 0.6) is 0 Å². The molecule has 0 spiro atoms. The van der Waals surface area contributed by atoms with E-state index in [0.29, 0.717) is 11.5 Å². The lowest BCUT2D eigenvalue weighted by Gasteiger charge is -2.43. The maximum Gasteiger partial charge on any atom is 0.00747 e. The van der Waals surface area contributed by atoms with Crippen molar-refractivity contribution in [2.24, 2.45) is 23.0 Å². The van der Waals surface area contributed by atoms with Crippen LogP contribution in [-0.4, -0.2) is 6.04 Å². The van der Waals surface area contributed by atoms with Crippen molar-refractivity contribution < 1.29 is 0 Å². The van der Waals surface area contributed by atoms with Crippen LogP contribution in [0.2, 0.25) is 0 Å². The van der Waals surface area contributed by atoms with Crippen LogP contribution in [-0.2, 0) is 0 Å². The molecular weight excluding hydrogens is 206 g/mol. The SMILES string of the molecule is CCCCCCC(C)(C)C1CCC(C)CC1N. The van der Waals surface area contributed by atoms with Crippen molar-refractivity contribution in [2.45, 2.75) is 85.1 Å². The molecule has 0 saturated heterocycles. The highest BCUT2D eigenvalue weighted by molar-refractivity contribution is 4.90. The van der Waals surface area contributed by atoms with Crippen molar-refractivity contribution in [1.29, 1.82) is 0 Å². The van der Waals surface area contributed by atoms with Gasteiger partial charge in [-0.15, -0.1) is 0 Å². The first-order valence-corrected chi connectivity index (χ1v) is 7.73. The first-order valence-electron chi connectivity index (χ1n) is 7.73. The maximum absolute atomic E-state index is 6.39. The molecule has 0 aromatic carbocycles. The minimum atomic E-state index is 0.444. The fourth-order valence-electron chi connectivity index (χ4n) is 3.59. The molecule has 1 aliphatic carbocycles. The van der Waals surface area contributed by atoms with E-state index in [0.717, 1.165) is 11.8 Å². The van der Waals surface area contributed by atoms with E-state index in [9.17, 15) is 0 Å². The largest absolute Gasteiger partial charge is 0.327 e. The number of rotatable bonds is 6. The molecule has 3 atom stereocenters. The molecule has 102 valence electrons. The van der Waals surface area contributed by atoms with E-state index < -0.39 is 0 Å². The van der Waals surface area contributed by atoms with Gasteiger partial charge in [0.2, 0.25) is 0 Å². The average molecular weight is 239 g/mol. The Morgan fingerprint density at radius 1 is 1.12 bits per heavy atom. The molecule has 0 aromatic rings. The third kappa shape index (κ3) is 4.62. The van der Waals surface area contributed by atoms with Gasteiger partial charge in [0.1, 0.15) is 0 Å². The number of hydrogen-bond acceptors (Lipinski definition) is 1. The molecule has 0 aromatic heterocycles. The summed E-state index contributed by atoms with van der Waals surface area (Å²) in [7, 11) is 0. The number of nitrogens with two attached hydrogens (primary N) is 1. The fraction of sp³-hybridized carbons (Fsp3) is 1.00. The maximum atomic E-state index is 6.39. The van der Waals surface area contributed by atoms with Crippen LogP contribution in [0.25, 0.3) is 0 Å². The van der Waals surface area contributed by atoms with Crippen molar-refractivity contribution in [1.82, 2.24) is 0 Å². The Labute approximate surface area is 109 Å². The van der Waals surface area contributed by atoms with Crippen molar-refractivity contribution in [2.75, 3.05) is 0 Å². The molecule has 17 heavy (non-hydrogen) atoms. The number of hydrogen-bond donors (Lipinski definition) is 1. The van der Waals surface area contributed by atoms with Gasteiger partial charge in [0.05, 0.1) is 0 Å². The molecule has 3 unspecified atom stereocenters. The second-order valence-electron chi connectivity index (χ2n) is 6.99. The van der Waals surface area contributed by atoms with Gasteiger partial charge < -0.3 is 5.73 Å². The van der Waals surface area contributed by atoms with Gasteiger partial charge in [-0.05, 0) is 36.5 Å². The minimum Gasteiger partial charge on any atom is -0.327 e. The van der Waals surface area contributed by atoms with E-state index in [2.05, 4.69) is 27.7 Å². The predicted molar refractivity (Wildman–Crippen MR) is 77.0 cm³/mol. The monoisotopic (exact) mass is 239 g/mol. The van der Waals surface area contributed by atoms with Crippen molar-refractivity contribution in [3.05, 3.63) is 0 Å². The Kier molecular flexibility index (Phi) is 5.99. The highest BCUT2D eigenvalue weighted by Gasteiger charge is 2.36. The van der Waals surface area contributed by atoms with Gasteiger partial charge in [-0.25, -0.2) is 0 Å². The second kappa shape index (κ2) is 6.78. The average Bonchev–Trinajstić information content (AvgIpc) is 2.24. The normalized spacial score (nSPS) is 30.5. The van der Waals surface area contributed by atoms with Crippen LogP contribution in [0.3, 0.4) is 0 Å². The Bertz CT molecular complexity index is 210. The molecule has 2 N–H and O–H groups in total. The van der Waals surface area contributed by atoms with Gasteiger partial charge >= 0.3 is 0 Å². The molecular formula is C16H33N. The Morgan fingerprint density at radius 2 is 1.82 bits per heavy atom. The van der Waals surface area contributed by atoms with Crippen LogP contribution >= 0.6 is 0 Å². The van der Waals surface area contributed by atoms with Gasteiger partial charge in [-0.2, -0.15) is 0 Å². The van der Waals surface area contributed by atoms with Gasteiger partial charge in [0.15, 0.2) is 0 Å². The summed E-state index contributed by atoms with van der Waals surface area (Å²) in [5.41, 5.74) is 6.84. The molecule has 0 bridgehead atoms. The minimum absolute atomic E-state index is 0.444. The van der Waals surface area contributed by atoms with Crippen LogP contribution < -0.4 is 5.73 Å². The molecule has 1 heteroatoms. The van der Waals surface area contributed by atoms with Gasteiger partial charge in [-0.1, -0.05) is 59.8 Å². The first-order chi connectivity index (χ1) is 7.97.